The third kappa shape index (κ3) is 3.48. The summed E-state index contributed by atoms with van der Waals surface area (Å²) in [4.78, 5) is 3.66. The number of allylic oxidation sites excluding steroid dienone is 4. The predicted octanol–water partition coefficient (Wildman–Crippen LogP) is 3.42. The van der Waals surface area contributed by atoms with E-state index in [2.05, 4.69) is 4.98 Å². The fourth-order valence-corrected chi connectivity index (χ4v) is 3.84. The predicted molar refractivity (Wildman–Crippen MR) is 99.2 cm³/mol. The van der Waals surface area contributed by atoms with Crippen LogP contribution in [0.1, 0.15) is 22.7 Å². The quantitative estimate of drug-likeness (QED) is 0.813. The molecule has 1 aromatic carbocycles. The first-order chi connectivity index (χ1) is 12.2. The Hall–Kier alpha value is -2.29. The summed E-state index contributed by atoms with van der Waals surface area (Å²) in [5.41, 5.74) is 2.45. The number of nitrogens with zero attached hydrogens (tertiary/aromatic N) is 1. The average molecular weight is 392 g/mol. The highest BCUT2D eigenvalue weighted by Crippen LogP contribution is 2.32. The van der Waals surface area contributed by atoms with E-state index in [0.29, 0.717) is 10.4 Å². The lowest BCUT2D eigenvalue weighted by Gasteiger charge is -2.19. The number of thiocarbonyl (C=S) groups is 1. The summed E-state index contributed by atoms with van der Waals surface area (Å²) in [6, 6.07) is 5.59. The minimum absolute atomic E-state index is 0.166. The Morgan fingerprint density at radius 2 is 1.88 bits per heavy atom. The molecule has 4 nitrogen and oxygen atoms in total. The van der Waals surface area contributed by atoms with Gasteiger partial charge in [0.05, 0.1) is 0 Å². The molecule has 0 saturated heterocycles. The Labute approximate surface area is 155 Å². The van der Waals surface area contributed by atoms with Gasteiger partial charge < -0.3 is 0 Å². The fraction of sp³-hybridized carbons (Fsp3) is 0.111. The molecule has 1 unspecified atom stereocenters. The Morgan fingerprint density at radius 3 is 2.42 bits per heavy atom. The number of sulfonamides is 1. The second-order valence-electron chi connectivity index (χ2n) is 5.83. The molecular formula is C18H14F2N2O2S2. The first-order valence-corrected chi connectivity index (χ1v) is 9.51. The van der Waals surface area contributed by atoms with Crippen molar-refractivity contribution in [3.63, 3.8) is 0 Å². The van der Waals surface area contributed by atoms with Gasteiger partial charge in [-0.3, -0.25) is 4.98 Å². The summed E-state index contributed by atoms with van der Waals surface area (Å²) < 4.78 is 50.7. The molecule has 0 spiro atoms. The maximum absolute atomic E-state index is 14.1. The van der Waals surface area contributed by atoms with Gasteiger partial charge in [-0.05, 0) is 47.9 Å². The van der Waals surface area contributed by atoms with E-state index in [4.69, 9.17) is 17.4 Å². The van der Waals surface area contributed by atoms with Crippen LogP contribution in [0, 0.1) is 18.6 Å². The van der Waals surface area contributed by atoms with E-state index >= 15 is 0 Å². The second kappa shape index (κ2) is 6.79. The lowest BCUT2D eigenvalue weighted by atomic mass is 9.87. The van der Waals surface area contributed by atoms with E-state index in [1.807, 2.05) is 25.1 Å². The molecule has 0 radical (unpaired) electrons. The first-order valence-electron chi connectivity index (χ1n) is 7.56. The molecular weight excluding hydrogens is 378 g/mol. The third-order valence-electron chi connectivity index (χ3n) is 4.07. The van der Waals surface area contributed by atoms with Crippen molar-refractivity contribution in [1.82, 2.24) is 4.98 Å². The van der Waals surface area contributed by atoms with Gasteiger partial charge in [-0.1, -0.05) is 30.4 Å². The van der Waals surface area contributed by atoms with Gasteiger partial charge in [0.1, 0.15) is 11.6 Å². The first kappa shape index (κ1) is 18.5. The van der Waals surface area contributed by atoms with Crippen molar-refractivity contribution in [2.24, 2.45) is 5.14 Å². The Bertz CT molecular complexity index is 1050. The van der Waals surface area contributed by atoms with Gasteiger partial charge in [-0.25, -0.2) is 22.3 Å². The van der Waals surface area contributed by atoms with Crippen molar-refractivity contribution in [2.75, 3.05) is 0 Å². The molecule has 0 fully saturated rings. The zero-order valence-electron chi connectivity index (χ0n) is 13.6. The van der Waals surface area contributed by atoms with Gasteiger partial charge in [0, 0.05) is 22.7 Å². The largest absolute Gasteiger partial charge is 0.261 e. The summed E-state index contributed by atoms with van der Waals surface area (Å²) in [7, 11) is -4.49. The third-order valence-corrected chi connectivity index (χ3v) is 5.40. The summed E-state index contributed by atoms with van der Waals surface area (Å²) in [6.45, 7) is 1.88. The van der Waals surface area contributed by atoms with Crippen LogP contribution < -0.4 is 5.14 Å². The van der Waals surface area contributed by atoms with Crippen LogP contribution in [0.25, 0.3) is 5.57 Å². The number of benzene rings is 1. The highest BCUT2D eigenvalue weighted by Gasteiger charge is 2.24. The molecule has 1 aliphatic rings. The van der Waals surface area contributed by atoms with Gasteiger partial charge >= 0.3 is 0 Å². The standard InChI is InChI=1S/C18H14F2N2O2S2/c1-10-13(3-2-6-22-10)14-5-4-11(9-17(14)25)12-7-15(19)18(16(20)8-12)26(21,23)24/h2-9,14H,1H3,(H2,21,23,24). The van der Waals surface area contributed by atoms with Gasteiger partial charge in [0.2, 0.25) is 10.0 Å². The molecule has 134 valence electrons. The number of halogens is 2. The highest BCUT2D eigenvalue weighted by molar-refractivity contribution is 7.89. The molecule has 2 N–H and O–H groups in total. The van der Waals surface area contributed by atoms with Crippen LogP contribution in [0.15, 0.2) is 53.6 Å². The summed E-state index contributed by atoms with van der Waals surface area (Å²) in [6.07, 6.45) is 6.84. The second-order valence-corrected chi connectivity index (χ2v) is 7.80. The Morgan fingerprint density at radius 1 is 1.23 bits per heavy atom. The summed E-state index contributed by atoms with van der Waals surface area (Å²) in [5.74, 6) is -2.65. The number of aromatic nitrogens is 1. The summed E-state index contributed by atoms with van der Waals surface area (Å²) >= 11 is 5.44. The van der Waals surface area contributed by atoms with Crippen molar-refractivity contribution in [3.05, 3.63) is 77.1 Å². The Balaban J connectivity index is 1.99. The minimum Gasteiger partial charge on any atom is -0.261 e. The molecule has 1 aliphatic carbocycles. The van der Waals surface area contributed by atoms with Crippen LogP contribution >= 0.6 is 12.2 Å². The number of rotatable bonds is 3. The molecule has 1 aromatic heterocycles. The number of nitrogens with two attached hydrogens (primary N) is 1. The number of hydrogen-bond acceptors (Lipinski definition) is 4. The maximum atomic E-state index is 14.1. The Kier molecular flexibility index (Phi) is 4.83. The van der Waals surface area contributed by atoms with Crippen molar-refractivity contribution in [3.8, 4) is 0 Å². The molecule has 0 amide bonds. The number of primary sulfonamides is 1. The number of hydrogen-bond donors (Lipinski definition) is 1. The van der Waals surface area contributed by atoms with Crippen molar-refractivity contribution in [2.45, 2.75) is 17.7 Å². The molecule has 8 heteroatoms. The average Bonchev–Trinajstić information content (AvgIpc) is 2.53. The number of pyridine rings is 1. The van der Waals surface area contributed by atoms with Crippen LogP contribution in [0.5, 0.6) is 0 Å². The fourth-order valence-electron chi connectivity index (χ4n) is 2.85. The SMILES string of the molecule is Cc1ncccc1C1C=CC(c2cc(F)c(S(N)(=O)=O)c(F)c2)=CC1=S. The van der Waals surface area contributed by atoms with Crippen LogP contribution in [0.2, 0.25) is 0 Å². The molecule has 0 aliphatic heterocycles. The molecule has 1 atom stereocenters. The monoisotopic (exact) mass is 392 g/mol. The van der Waals surface area contributed by atoms with Crippen molar-refractivity contribution in [1.29, 1.82) is 0 Å². The van der Waals surface area contributed by atoms with E-state index in [-0.39, 0.29) is 11.5 Å². The van der Waals surface area contributed by atoms with E-state index in [1.165, 1.54) is 0 Å². The smallest absolute Gasteiger partial charge is 0.243 e. The van der Waals surface area contributed by atoms with Gasteiger partial charge in [0.15, 0.2) is 4.90 Å². The summed E-state index contributed by atoms with van der Waals surface area (Å²) in [5, 5.41) is 4.84. The highest BCUT2D eigenvalue weighted by atomic mass is 32.2. The lowest BCUT2D eigenvalue weighted by molar-refractivity contribution is 0.519. The molecule has 3 rings (SSSR count). The van der Waals surface area contributed by atoms with Crippen molar-refractivity contribution >= 4 is 32.7 Å². The molecule has 26 heavy (non-hydrogen) atoms. The topological polar surface area (TPSA) is 73.0 Å². The number of aryl methyl sites for hydroxylation is 1. The zero-order chi connectivity index (χ0) is 19.1. The van der Waals surface area contributed by atoms with Crippen LogP contribution in [-0.2, 0) is 10.0 Å². The molecule has 0 saturated carbocycles. The van der Waals surface area contributed by atoms with E-state index < -0.39 is 26.6 Å². The van der Waals surface area contributed by atoms with Gasteiger partial charge in [0.25, 0.3) is 0 Å². The minimum atomic E-state index is -4.49. The maximum Gasteiger partial charge on any atom is 0.243 e. The van der Waals surface area contributed by atoms with Crippen LogP contribution in [0.4, 0.5) is 8.78 Å². The van der Waals surface area contributed by atoms with Crippen molar-refractivity contribution < 1.29 is 17.2 Å². The normalized spacial score (nSPS) is 17.3. The molecule has 0 bridgehead atoms. The molecule has 1 heterocycles. The van der Waals surface area contributed by atoms with E-state index in [1.54, 1.807) is 18.3 Å². The zero-order valence-corrected chi connectivity index (χ0v) is 15.2. The van der Waals surface area contributed by atoms with Crippen LogP contribution in [-0.4, -0.2) is 18.3 Å². The van der Waals surface area contributed by atoms with Gasteiger partial charge in [-0.15, -0.1) is 0 Å². The van der Waals surface area contributed by atoms with Crippen LogP contribution in [0.3, 0.4) is 0 Å². The molecule has 2 aromatic rings. The van der Waals surface area contributed by atoms with Gasteiger partial charge in [-0.2, -0.15) is 0 Å². The lowest BCUT2D eigenvalue weighted by Crippen LogP contribution is -2.16. The van der Waals surface area contributed by atoms with E-state index in [0.717, 1.165) is 23.4 Å². The van der Waals surface area contributed by atoms with E-state index in [9.17, 15) is 17.2 Å².